The van der Waals surface area contributed by atoms with Gasteiger partial charge in [-0.2, -0.15) is 13.2 Å². The minimum absolute atomic E-state index is 0.0596. The van der Waals surface area contributed by atoms with Crippen LogP contribution >= 0.6 is 23.2 Å². The third-order valence-corrected chi connectivity index (χ3v) is 6.88. The van der Waals surface area contributed by atoms with Crippen LogP contribution in [0.3, 0.4) is 0 Å². The van der Waals surface area contributed by atoms with Crippen molar-refractivity contribution in [2.24, 2.45) is 0 Å². The lowest BCUT2D eigenvalue weighted by Gasteiger charge is -2.25. The van der Waals surface area contributed by atoms with Gasteiger partial charge in [0.05, 0.1) is 16.6 Å². The Morgan fingerprint density at radius 2 is 1.55 bits per heavy atom. The summed E-state index contributed by atoms with van der Waals surface area (Å²) in [6, 6.07) is 23.9. The molecule has 1 aromatic heterocycles. The van der Waals surface area contributed by atoms with Gasteiger partial charge in [-0.1, -0.05) is 59.6 Å². The number of rotatable bonds is 8. The molecule has 4 aromatic rings. The summed E-state index contributed by atoms with van der Waals surface area (Å²) in [5, 5.41) is 1.00. The number of nitrogens with zero attached hydrogens (tertiary/aromatic N) is 3. The predicted octanol–water partition coefficient (Wildman–Crippen LogP) is 8.28. The molecular weight excluding hydrogens is 534 g/mol. The van der Waals surface area contributed by atoms with E-state index in [1.165, 1.54) is 11.0 Å². The normalized spacial score (nSPS) is 11.3. The topological polar surface area (TPSA) is 36.4 Å². The molecule has 0 aliphatic carbocycles. The van der Waals surface area contributed by atoms with Crippen molar-refractivity contribution in [3.63, 3.8) is 0 Å². The number of pyridine rings is 1. The summed E-state index contributed by atoms with van der Waals surface area (Å²) in [7, 11) is 0. The standard InChI is InChI=1S/C29H24Cl2F3N3O/c1-2-36(19-22-7-6-10-25(30)27(22)31)23-14-12-21(13-15-23)28(38)37(24-8-4-3-5-9-24)18-20-11-16-26(35-17-20)29(32,33)34/h3-17H,2,18-19H2,1H3. The van der Waals surface area contributed by atoms with Gasteiger partial charge in [-0.05, 0) is 66.6 Å². The van der Waals surface area contributed by atoms with E-state index < -0.39 is 11.9 Å². The molecule has 0 bridgehead atoms. The average Bonchev–Trinajstić information content (AvgIpc) is 2.92. The molecular formula is C29H24Cl2F3N3O. The number of hydrogen-bond donors (Lipinski definition) is 0. The SMILES string of the molecule is CCN(Cc1cccc(Cl)c1Cl)c1ccc(C(=O)N(Cc2ccc(C(F)(F)F)nc2)c2ccccc2)cc1. The fourth-order valence-corrected chi connectivity index (χ4v) is 4.37. The van der Waals surface area contributed by atoms with E-state index >= 15 is 0 Å². The Morgan fingerprint density at radius 3 is 2.16 bits per heavy atom. The molecule has 38 heavy (non-hydrogen) atoms. The number of alkyl halides is 3. The fourth-order valence-electron chi connectivity index (χ4n) is 3.99. The van der Waals surface area contributed by atoms with Gasteiger partial charge in [0, 0.05) is 36.2 Å². The van der Waals surface area contributed by atoms with Crippen molar-refractivity contribution in [3.05, 3.63) is 124 Å². The van der Waals surface area contributed by atoms with Gasteiger partial charge < -0.3 is 9.80 Å². The second-order valence-electron chi connectivity index (χ2n) is 8.55. The lowest BCUT2D eigenvalue weighted by atomic mass is 10.1. The van der Waals surface area contributed by atoms with Crippen molar-refractivity contribution in [3.8, 4) is 0 Å². The summed E-state index contributed by atoms with van der Waals surface area (Å²) in [5.74, 6) is -0.288. The molecule has 9 heteroatoms. The number of carbonyl (C=O) groups is 1. The van der Waals surface area contributed by atoms with Crippen LogP contribution in [0.15, 0.2) is 91.1 Å². The molecule has 0 saturated carbocycles. The molecule has 0 unspecified atom stereocenters. The third kappa shape index (κ3) is 6.47. The maximum atomic E-state index is 13.6. The van der Waals surface area contributed by atoms with E-state index in [1.54, 1.807) is 42.5 Å². The summed E-state index contributed by atoms with van der Waals surface area (Å²) in [4.78, 5) is 20.7. The number of halogens is 5. The van der Waals surface area contributed by atoms with Crippen LogP contribution < -0.4 is 9.80 Å². The van der Waals surface area contributed by atoms with E-state index in [0.29, 0.717) is 39.9 Å². The molecule has 0 aliphatic rings. The number of carbonyl (C=O) groups excluding carboxylic acids is 1. The molecule has 0 radical (unpaired) electrons. The number of para-hydroxylation sites is 1. The zero-order valence-electron chi connectivity index (χ0n) is 20.4. The summed E-state index contributed by atoms with van der Waals surface area (Å²) in [6.07, 6.45) is -3.38. The Labute approximate surface area is 229 Å². The van der Waals surface area contributed by atoms with Crippen molar-refractivity contribution in [2.75, 3.05) is 16.3 Å². The number of hydrogen-bond acceptors (Lipinski definition) is 3. The molecule has 1 amide bonds. The van der Waals surface area contributed by atoms with E-state index in [4.69, 9.17) is 23.2 Å². The highest BCUT2D eigenvalue weighted by Crippen LogP contribution is 2.30. The molecule has 0 saturated heterocycles. The lowest BCUT2D eigenvalue weighted by Crippen LogP contribution is -2.30. The summed E-state index contributed by atoms with van der Waals surface area (Å²) >= 11 is 12.5. The second kappa shape index (κ2) is 11.9. The monoisotopic (exact) mass is 557 g/mol. The van der Waals surface area contributed by atoms with Gasteiger partial charge >= 0.3 is 6.18 Å². The molecule has 4 nitrogen and oxygen atoms in total. The molecule has 1 heterocycles. The zero-order valence-corrected chi connectivity index (χ0v) is 21.9. The molecule has 0 aliphatic heterocycles. The van der Waals surface area contributed by atoms with Crippen LogP contribution in [-0.2, 0) is 19.3 Å². The molecule has 3 aromatic carbocycles. The Kier molecular flexibility index (Phi) is 8.59. The summed E-state index contributed by atoms with van der Waals surface area (Å²) in [6.45, 7) is 3.32. The van der Waals surface area contributed by atoms with Gasteiger partial charge in [0.1, 0.15) is 5.69 Å². The summed E-state index contributed by atoms with van der Waals surface area (Å²) < 4.78 is 38.8. The van der Waals surface area contributed by atoms with Gasteiger partial charge in [-0.3, -0.25) is 9.78 Å². The van der Waals surface area contributed by atoms with Crippen LogP contribution in [0.25, 0.3) is 0 Å². The molecule has 0 atom stereocenters. The molecule has 4 rings (SSSR count). The number of benzene rings is 3. The highest BCUT2D eigenvalue weighted by Gasteiger charge is 2.32. The Hall–Kier alpha value is -3.55. The minimum atomic E-state index is -4.53. The Balaban J connectivity index is 1.57. The van der Waals surface area contributed by atoms with Crippen molar-refractivity contribution in [1.29, 1.82) is 0 Å². The first-order valence-electron chi connectivity index (χ1n) is 11.8. The van der Waals surface area contributed by atoms with Crippen LogP contribution in [0.5, 0.6) is 0 Å². The van der Waals surface area contributed by atoms with E-state index in [2.05, 4.69) is 9.88 Å². The van der Waals surface area contributed by atoms with Gasteiger partial charge in [-0.15, -0.1) is 0 Å². The first kappa shape index (κ1) is 27.5. The van der Waals surface area contributed by atoms with Gasteiger partial charge in [0.2, 0.25) is 0 Å². The minimum Gasteiger partial charge on any atom is -0.367 e. The van der Waals surface area contributed by atoms with E-state index in [-0.39, 0.29) is 12.5 Å². The molecule has 0 spiro atoms. The largest absolute Gasteiger partial charge is 0.433 e. The van der Waals surface area contributed by atoms with Crippen LogP contribution in [0.2, 0.25) is 10.0 Å². The van der Waals surface area contributed by atoms with Gasteiger partial charge in [0.15, 0.2) is 0 Å². The fraction of sp³-hybridized carbons (Fsp3) is 0.172. The maximum Gasteiger partial charge on any atom is 0.433 e. The Morgan fingerprint density at radius 1 is 0.842 bits per heavy atom. The van der Waals surface area contributed by atoms with E-state index in [1.807, 2.05) is 37.3 Å². The smallest absolute Gasteiger partial charge is 0.367 e. The average molecular weight is 558 g/mol. The first-order chi connectivity index (χ1) is 18.2. The van der Waals surface area contributed by atoms with Crippen molar-refractivity contribution < 1.29 is 18.0 Å². The zero-order chi connectivity index (χ0) is 27.3. The quantitative estimate of drug-likeness (QED) is 0.218. The van der Waals surface area contributed by atoms with Crippen molar-refractivity contribution in [1.82, 2.24) is 4.98 Å². The highest BCUT2D eigenvalue weighted by atomic mass is 35.5. The number of anilines is 2. The second-order valence-corrected chi connectivity index (χ2v) is 9.34. The Bertz CT molecular complexity index is 1380. The third-order valence-electron chi connectivity index (χ3n) is 6.02. The van der Waals surface area contributed by atoms with E-state index in [0.717, 1.165) is 23.5 Å². The summed E-state index contributed by atoms with van der Waals surface area (Å²) in [5.41, 5.74) is 2.35. The van der Waals surface area contributed by atoms with Crippen LogP contribution in [0.4, 0.5) is 24.5 Å². The molecule has 196 valence electrons. The van der Waals surface area contributed by atoms with Crippen molar-refractivity contribution in [2.45, 2.75) is 26.2 Å². The van der Waals surface area contributed by atoms with Crippen LogP contribution in [0.1, 0.15) is 34.1 Å². The number of amides is 1. The van der Waals surface area contributed by atoms with Crippen LogP contribution in [-0.4, -0.2) is 17.4 Å². The predicted molar refractivity (Wildman–Crippen MR) is 146 cm³/mol. The van der Waals surface area contributed by atoms with E-state index in [9.17, 15) is 18.0 Å². The van der Waals surface area contributed by atoms with Gasteiger partial charge in [0.25, 0.3) is 5.91 Å². The first-order valence-corrected chi connectivity index (χ1v) is 12.6. The lowest BCUT2D eigenvalue weighted by molar-refractivity contribution is -0.141. The maximum absolute atomic E-state index is 13.6. The number of aromatic nitrogens is 1. The van der Waals surface area contributed by atoms with Gasteiger partial charge in [-0.25, -0.2) is 0 Å². The van der Waals surface area contributed by atoms with Crippen molar-refractivity contribution >= 4 is 40.5 Å². The molecule has 0 fully saturated rings. The van der Waals surface area contributed by atoms with Crippen LogP contribution in [0, 0.1) is 0 Å². The highest BCUT2D eigenvalue weighted by molar-refractivity contribution is 6.42. The molecule has 0 N–H and O–H groups in total.